The Morgan fingerprint density at radius 3 is 2.38 bits per heavy atom. The van der Waals surface area contributed by atoms with Crippen LogP contribution in [0.25, 0.3) is 11.1 Å². The van der Waals surface area contributed by atoms with E-state index in [-0.39, 0.29) is 5.75 Å². The van der Waals surface area contributed by atoms with Crippen molar-refractivity contribution in [3.05, 3.63) is 48.0 Å². The molecule has 16 heavy (non-hydrogen) atoms. The Bertz CT molecular complexity index is 490. The van der Waals surface area contributed by atoms with E-state index >= 15 is 0 Å². The predicted octanol–water partition coefficient (Wildman–Crippen LogP) is 3.38. The van der Waals surface area contributed by atoms with Crippen LogP contribution in [0.2, 0.25) is 0 Å². The normalized spacial score (nSPS) is 10.1. The lowest BCUT2D eigenvalue weighted by Gasteiger charge is -2.10. The minimum atomic E-state index is 0.194. The molecule has 0 bridgehead atoms. The molecule has 0 fully saturated rings. The van der Waals surface area contributed by atoms with Crippen molar-refractivity contribution in [3.8, 4) is 22.6 Å². The van der Waals surface area contributed by atoms with Crippen LogP contribution in [0.15, 0.2) is 42.5 Å². The number of hydrogen-bond donors (Lipinski definition) is 1. The van der Waals surface area contributed by atoms with Gasteiger partial charge in [0, 0.05) is 5.56 Å². The molecule has 2 nitrogen and oxygen atoms in total. The molecule has 0 atom stereocenters. The maximum absolute atomic E-state index is 10.0. The minimum absolute atomic E-state index is 0.194. The molecule has 0 heterocycles. The van der Waals surface area contributed by atoms with Crippen LogP contribution in [-0.2, 0) is 0 Å². The fourth-order valence-electron chi connectivity index (χ4n) is 1.74. The third kappa shape index (κ3) is 1.87. The molecular formula is C14H14O2. The summed E-state index contributed by atoms with van der Waals surface area (Å²) >= 11 is 0. The monoisotopic (exact) mass is 214 g/mol. The first-order valence-electron chi connectivity index (χ1n) is 5.15. The Labute approximate surface area is 95.1 Å². The average molecular weight is 214 g/mol. The number of benzene rings is 2. The van der Waals surface area contributed by atoms with E-state index in [1.807, 2.05) is 49.4 Å². The van der Waals surface area contributed by atoms with Crippen LogP contribution in [0.5, 0.6) is 11.5 Å². The number of aryl methyl sites for hydroxylation is 1. The number of methoxy groups -OCH3 is 1. The van der Waals surface area contributed by atoms with Crippen molar-refractivity contribution in [2.75, 3.05) is 7.11 Å². The zero-order valence-electron chi connectivity index (χ0n) is 9.40. The van der Waals surface area contributed by atoms with Gasteiger partial charge in [0.25, 0.3) is 0 Å². The molecule has 2 aromatic rings. The summed E-state index contributed by atoms with van der Waals surface area (Å²) < 4.78 is 5.14. The van der Waals surface area contributed by atoms with Crippen molar-refractivity contribution < 1.29 is 9.84 Å². The molecule has 0 aliphatic heterocycles. The molecule has 0 saturated carbocycles. The van der Waals surface area contributed by atoms with Crippen LogP contribution in [0.1, 0.15) is 5.56 Å². The van der Waals surface area contributed by atoms with Gasteiger partial charge in [-0.05, 0) is 30.2 Å². The molecule has 0 radical (unpaired) electrons. The highest BCUT2D eigenvalue weighted by molar-refractivity contribution is 5.74. The third-order valence-corrected chi connectivity index (χ3v) is 2.52. The fourth-order valence-corrected chi connectivity index (χ4v) is 1.74. The molecule has 1 N–H and O–H groups in total. The summed E-state index contributed by atoms with van der Waals surface area (Å²) in [5.74, 6) is 0.707. The van der Waals surface area contributed by atoms with E-state index in [1.165, 1.54) is 0 Å². The number of aromatic hydroxyl groups is 1. The van der Waals surface area contributed by atoms with Crippen molar-refractivity contribution >= 4 is 0 Å². The van der Waals surface area contributed by atoms with Crippen LogP contribution >= 0.6 is 0 Å². The Kier molecular flexibility index (Phi) is 2.82. The number of rotatable bonds is 2. The molecule has 0 spiro atoms. The van der Waals surface area contributed by atoms with Gasteiger partial charge in [0.1, 0.15) is 0 Å². The lowest BCUT2D eigenvalue weighted by Crippen LogP contribution is -1.88. The smallest absolute Gasteiger partial charge is 0.165 e. The van der Waals surface area contributed by atoms with Crippen LogP contribution < -0.4 is 4.74 Å². The van der Waals surface area contributed by atoms with Crippen LogP contribution in [-0.4, -0.2) is 12.2 Å². The van der Waals surface area contributed by atoms with E-state index in [2.05, 4.69) is 0 Å². The summed E-state index contributed by atoms with van der Waals surface area (Å²) in [4.78, 5) is 0. The Hall–Kier alpha value is -1.96. The van der Waals surface area contributed by atoms with E-state index in [9.17, 15) is 5.11 Å². The average Bonchev–Trinajstić information content (AvgIpc) is 2.33. The van der Waals surface area contributed by atoms with Gasteiger partial charge in [0.2, 0.25) is 0 Å². The first-order valence-corrected chi connectivity index (χ1v) is 5.15. The minimum Gasteiger partial charge on any atom is -0.504 e. The number of phenolic OH excluding ortho intramolecular Hbond substituents is 1. The number of phenols is 1. The van der Waals surface area contributed by atoms with Gasteiger partial charge in [-0.25, -0.2) is 0 Å². The first-order chi connectivity index (χ1) is 7.72. The Morgan fingerprint density at radius 2 is 1.75 bits per heavy atom. The lowest BCUT2D eigenvalue weighted by molar-refractivity contribution is 0.374. The van der Waals surface area contributed by atoms with E-state index in [0.29, 0.717) is 5.75 Å². The quantitative estimate of drug-likeness (QED) is 0.830. The maximum Gasteiger partial charge on any atom is 0.165 e. The van der Waals surface area contributed by atoms with Crippen molar-refractivity contribution in [1.82, 2.24) is 0 Å². The third-order valence-electron chi connectivity index (χ3n) is 2.52. The summed E-state index contributed by atoms with van der Waals surface area (Å²) in [6.45, 7) is 1.98. The highest BCUT2D eigenvalue weighted by Gasteiger charge is 2.10. The highest BCUT2D eigenvalue weighted by Crippen LogP contribution is 2.37. The molecular weight excluding hydrogens is 200 g/mol. The molecule has 0 saturated heterocycles. The van der Waals surface area contributed by atoms with Crippen molar-refractivity contribution in [2.24, 2.45) is 0 Å². The second-order valence-electron chi connectivity index (χ2n) is 3.73. The van der Waals surface area contributed by atoms with Gasteiger partial charge >= 0.3 is 0 Å². The van der Waals surface area contributed by atoms with Gasteiger partial charge in [-0.3, -0.25) is 0 Å². The largest absolute Gasteiger partial charge is 0.504 e. The molecule has 2 heteroatoms. The molecule has 0 aliphatic rings. The van der Waals surface area contributed by atoms with Crippen LogP contribution in [0.3, 0.4) is 0 Å². The van der Waals surface area contributed by atoms with Gasteiger partial charge in [-0.15, -0.1) is 0 Å². The van der Waals surface area contributed by atoms with Crippen molar-refractivity contribution in [2.45, 2.75) is 6.92 Å². The van der Waals surface area contributed by atoms with Crippen LogP contribution in [0.4, 0.5) is 0 Å². The van der Waals surface area contributed by atoms with Gasteiger partial charge < -0.3 is 9.84 Å². The molecule has 0 unspecified atom stereocenters. The van der Waals surface area contributed by atoms with E-state index < -0.39 is 0 Å². The van der Waals surface area contributed by atoms with Gasteiger partial charge in [-0.2, -0.15) is 0 Å². The van der Waals surface area contributed by atoms with Gasteiger partial charge in [-0.1, -0.05) is 30.3 Å². The number of hydrogen-bond acceptors (Lipinski definition) is 2. The fraction of sp³-hybridized carbons (Fsp3) is 0.143. The standard InChI is InChI=1S/C14H14O2/c1-10-8-12(11-6-4-3-5-7-11)14(15)13(9-10)16-2/h3-9,15H,1-2H3. The Balaban J connectivity index is 2.61. The summed E-state index contributed by atoms with van der Waals surface area (Å²) in [5.41, 5.74) is 2.85. The zero-order valence-corrected chi connectivity index (χ0v) is 9.40. The van der Waals surface area contributed by atoms with Crippen molar-refractivity contribution in [3.63, 3.8) is 0 Å². The topological polar surface area (TPSA) is 29.5 Å². The first kappa shape index (κ1) is 10.6. The number of ether oxygens (including phenoxy) is 1. The molecule has 0 aliphatic carbocycles. The molecule has 0 amide bonds. The van der Waals surface area contributed by atoms with Gasteiger partial charge in [0.15, 0.2) is 11.5 Å². The van der Waals surface area contributed by atoms with E-state index in [1.54, 1.807) is 7.11 Å². The molecule has 0 aromatic heterocycles. The summed E-state index contributed by atoms with van der Waals surface area (Å²) in [5, 5.41) is 10.0. The molecule has 2 aromatic carbocycles. The maximum atomic E-state index is 10.0. The Morgan fingerprint density at radius 1 is 1.06 bits per heavy atom. The van der Waals surface area contributed by atoms with E-state index in [4.69, 9.17) is 4.74 Å². The van der Waals surface area contributed by atoms with Crippen LogP contribution in [0, 0.1) is 6.92 Å². The predicted molar refractivity (Wildman–Crippen MR) is 64.8 cm³/mol. The summed E-state index contributed by atoms with van der Waals surface area (Å²) in [6, 6.07) is 13.6. The zero-order chi connectivity index (χ0) is 11.5. The SMILES string of the molecule is COc1cc(C)cc(-c2ccccc2)c1O. The molecule has 82 valence electrons. The second kappa shape index (κ2) is 4.27. The second-order valence-corrected chi connectivity index (χ2v) is 3.73. The summed E-state index contributed by atoms with van der Waals surface area (Å²) in [6.07, 6.45) is 0. The summed E-state index contributed by atoms with van der Waals surface area (Å²) in [7, 11) is 1.56. The van der Waals surface area contributed by atoms with Gasteiger partial charge in [0.05, 0.1) is 7.11 Å². The lowest BCUT2D eigenvalue weighted by atomic mass is 10.0. The van der Waals surface area contributed by atoms with Crippen molar-refractivity contribution in [1.29, 1.82) is 0 Å². The highest BCUT2D eigenvalue weighted by atomic mass is 16.5. The van der Waals surface area contributed by atoms with E-state index in [0.717, 1.165) is 16.7 Å². The molecule has 2 rings (SSSR count).